The van der Waals surface area contributed by atoms with E-state index in [2.05, 4.69) is 4.72 Å². The molecule has 1 fully saturated rings. The number of ether oxygens (including phenoxy) is 1. The highest BCUT2D eigenvalue weighted by atomic mass is 35.5. The van der Waals surface area contributed by atoms with Crippen molar-refractivity contribution in [3.8, 4) is 5.75 Å². The number of alkyl halides is 3. The summed E-state index contributed by atoms with van der Waals surface area (Å²) >= 11 is 6.38. The predicted octanol–water partition coefficient (Wildman–Crippen LogP) is 5.65. The second-order valence-electron chi connectivity index (χ2n) is 8.08. The summed E-state index contributed by atoms with van der Waals surface area (Å²) < 4.78 is 102. The molecule has 33 heavy (non-hydrogen) atoms. The zero-order chi connectivity index (χ0) is 24.0. The van der Waals surface area contributed by atoms with Crippen LogP contribution in [0.5, 0.6) is 5.75 Å². The Bertz CT molecular complexity index is 1140. The van der Waals surface area contributed by atoms with Crippen molar-refractivity contribution in [2.45, 2.75) is 41.1 Å². The van der Waals surface area contributed by atoms with Crippen molar-refractivity contribution >= 4 is 33.4 Å². The number of hydrogen-bond donors (Lipinski definition) is 1. The van der Waals surface area contributed by atoms with Gasteiger partial charge in [0.2, 0.25) is 0 Å². The molecule has 1 saturated carbocycles. The molecule has 0 aromatic heterocycles. The van der Waals surface area contributed by atoms with Crippen molar-refractivity contribution in [2.24, 2.45) is 5.92 Å². The Balaban J connectivity index is 1.77. The summed E-state index contributed by atoms with van der Waals surface area (Å²) in [4.78, 5) is -0.105. The van der Waals surface area contributed by atoms with Crippen LogP contribution in [0.2, 0.25) is 5.02 Å². The van der Waals surface area contributed by atoms with Crippen LogP contribution in [-0.2, 0) is 14.6 Å². The molecule has 12 heteroatoms. The van der Waals surface area contributed by atoms with Crippen molar-refractivity contribution in [1.29, 1.82) is 0 Å². The average molecular weight is 528 g/mol. The molecule has 180 valence electrons. The summed E-state index contributed by atoms with van der Waals surface area (Å²) in [6.07, 6.45) is -4.23. The Morgan fingerprint density at radius 2 is 1.79 bits per heavy atom. The van der Waals surface area contributed by atoms with E-state index in [0.717, 1.165) is 12.1 Å². The van der Waals surface area contributed by atoms with Crippen LogP contribution in [0.1, 0.15) is 24.8 Å². The van der Waals surface area contributed by atoms with E-state index in [1.807, 2.05) is 0 Å². The molecule has 0 saturated heterocycles. The van der Waals surface area contributed by atoms with E-state index in [9.17, 15) is 26.0 Å². The Hall–Kier alpha value is -1.56. The molecule has 1 aliphatic carbocycles. The summed E-state index contributed by atoms with van der Waals surface area (Å²) in [6.45, 7) is -0.220. The monoisotopic (exact) mass is 527 g/mol. The molecular formula is C21H19ClF5NO3S2. The SMILES string of the molecule is O=S(=O)(c1ccc(Cl)cc1)[C@@]12CC[C@@H](NSCC(F)(F)F)C[C@@H]1COc1c(F)ccc(F)c12. The predicted molar refractivity (Wildman–Crippen MR) is 115 cm³/mol. The molecule has 1 N–H and O–H groups in total. The van der Waals surface area contributed by atoms with Crippen molar-refractivity contribution < 1.29 is 35.1 Å². The van der Waals surface area contributed by atoms with E-state index in [0.29, 0.717) is 17.0 Å². The molecule has 0 unspecified atom stereocenters. The maximum absolute atomic E-state index is 15.1. The van der Waals surface area contributed by atoms with Gasteiger partial charge >= 0.3 is 6.18 Å². The van der Waals surface area contributed by atoms with Gasteiger partial charge in [0.15, 0.2) is 21.4 Å². The van der Waals surface area contributed by atoms with Gasteiger partial charge in [-0.2, -0.15) is 13.2 Å². The van der Waals surface area contributed by atoms with Gasteiger partial charge < -0.3 is 4.74 Å². The average Bonchev–Trinajstić information content (AvgIpc) is 2.75. The molecule has 0 spiro atoms. The van der Waals surface area contributed by atoms with Crippen LogP contribution in [0.4, 0.5) is 22.0 Å². The van der Waals surface area contributed by atoms with Crippen molar-refractivity contribution in [1.82, 2.24) is 4.72 Å². The standard InChI is InChI=1S/C21H19ClF5NO3S2/c22-13-1-3-15(4-2-13)33(29,30)20-8-7-14(28-32-11-21(25,26)27)9-12(20)10-31-19-17(24)6-5-16(23)18(19)20/h1-6,12,14,28H,7-11H2/t12-,14-,20+/m1/s1. The maximum atomic E-state index is 15.1. The van der Waals surface area contributed by atoms with E-state index in [1.54, 1.807) is 0 Å². The Kier molecular flexibility index (Phi) is 6.63. The Morgan fingerprint density at radius 3 is 2.45 bits per heavy atom. The van der Waals surface area contributed by atoms with Gasteiger partial charge in [0.25, 0.3) is 0 Å². The highest BCUT2D eigenvalue weighted by Crippen LogP contribution is 2.56. The van der Waals surface area contributed by atoms with Crippen molar-refractivity contribution in [3.63, 3.8) is 0 Å². The molecule has 1 aliphatic heterocycles. The van der Waals surface area contributed by atoms with Gasteiger partial charge in [0.05, 0.1) is 17.1 Å². The van der Waals surface area contributed by atoms with E-state index in [4.69, 9.17) is 16.3 Å². The quantitative estimate of drug-likeness (QED) is 0.402. The summed E-state index contributed by atoms with van der Waals surface area (Å²) in [7, 11) is -4.28. The molecule has 0 amide bonds. The van der Waals surface area contributed by atoms with Gasteiger partial charge in [-0.05, 0) is 55.7 Å². The second kappa shape index (κ2) is 8.90. The number of halogens is 6. The lowest BCUT2D eigenvalue weighted by atomic mass is 9.71. The lowest BCUT2D eigenvalue weighted by molar-refractivity contribution is -0.105. The van der Waals surface area contributed by atoms with E-state index >= 15 is 4.39 Å². The fourth-order valence-electron chi connectivity index (χ4n) is 4.69. The molecule has 4 nitrogen and oxygen atoms in total. The molecule has 4 rings (SSSR count). The largest absolute Gasteiger partial charge is 0.490 e. The van der Waals surface area contributed by atoms with Crippen LogP contribution >= 0.6 is 23.5 Å². The summed E-state index contributed by atoms with van der Waals surface area (Å²) in [5, 5.41) is 0.308. The van der Waals surface area contributed by atoms with Gasteiger partial charge in [-0.3, -0.25) is 4.72 Å². The fourth-order valence-corrected chi connectivity index (χ4v) is 7.88. The van der Waals surface area contributed by atoms with E-state index in [1.165, 1.54) is 24.3 Å². The molecular weight excluding hydrogens is 509 g/mol. The fraction of sp³-hybridized carbons (Fsp3) is 0.429. The van der Waals surface area contributed by atoms with Crippen molar-refractivity contribution in [2.75, 3.05) is 12.4 Å². The highest BCUT2D eigenvalue weighted by Gasteiger charge is 2.59. The minimum atomic E-state index is -4.36. The van der Waals surface area contributed by atoms with Gasteiger partial charge in [0, 0.05) is 17.0 Å². The number of fused-ring (bicyclic) bond motifs is 3. The van der Waals surface area contributed by atoms with E-state index < -0.39 is 55.9 Å². The molecule has 2 aromatic carbocycles. The van der Waals surface area contributed by atoms with Crippen LogP contribution in [0, 0.1) is 17.6 Å². The number of nitrogens with one attached hydrogen (secondary N) is 1. The number of benzene rings is 2. The summed E-state index contributed by atoms with van der Waals surface area (Å²) in [5.74, 6) is -4.16. The third-order valence-electron chi connectivity index (χ3n) is 6.09. The van der Waals surface area contributed by atoms with Crippen LogP contribution in [0.25, 0.3) is 0 Å². The van der Waals surface area contributed by atoms with Crippen LogP contribution in [-0.4, -0.2) is 33.0 Å². The van der Waals surface area contributed by atoms with Gasteiger partial charge in [-0.25, -0.2) is 17.2 Å². The lowest BCUT2D eigenvalue weighted by Gasteiger charge is -2.49. The van der Waals surface area contributed by atoms with Crippen LogP contribution < -0.4 is 9.46 Å². The Labute approximate surface area is 196 Å². The molecule has 1 heterocycles. The summed E-state index contributed by atoms with van der Waals surface area (Å²) in [5.41, 5.74) is -0.366. The maximum Gasteiger partial charge on any atom is 0.399 e. The molecule has 0 bridgehead atoms. The first-order valence-electron chi connectivity index (χ1n) is 10.0. The van der Waals surface area contributed by atoms with Gasteiger partial charge in [-0.15, -0.1) is 0 Å². The number of rotatable bonds is 5. The molecule has 2 aliphatic rings. The smallest absolute Gasteiger partial charge is 0.399 e. The minimum Gasteiger partial charge on any atom is -0.490 e. The molecule has 3 atom stereocenters. The Morgan fingerprint density at radius 1 is 1.12 bits per heavy atom. The zero-order valence-corrected chi connectivity index (χ0v) is 19.4. The minimum absolute atomic E-state index is 0.104. The molecule has 0 radical (unpaired) electrons. The van der Waals surface area contributed by atoms with Gasteiger partial charge in [-0.1, -0.05) is 23.5 Å². The third-order valence-corrected chi connectivity index (χ3v) is 9.91. The first-order valence-corrected chi connectivity index (χ1v) is 12.9. The van der Waals surface area contributed by atoms with Crippen LogP contribution in [0.15, 0.2) is 41.3 Å². The number of sulfone groups is 1. The summed E-state index contributed by atoms with van der Waals surface area (Å²) in [6, 6.07) is 6.67. The normalized spacial score (nSPS) is 25.2. The van der Waals surface area contributed by atoms with Crippen LogP contribution in [0.3, 0.4) is 0 Å². The first-order chi connectivity index (χ1) is 15.5. The zero-order valence-electron chi connectivity index (χ0n) is 17.0. The number of hydrogen-bond acceptors (Lipinski definition) is 5. The third kappa shape index (κ3) is 4.44. The van der Waals surface area contributed by atoms with E-state index in [-0.39, 0.29) is 36.3 Å². The van der Waals surface area contributed by atoms with Gasteiger partial charge in [0.1, 0.15) is 16.3 Å². The lowest BCUT2D eigenvalue weighted by Crippen LogP contribution is -2.54. The highest BCUT2D eigenvalue weighted by molar-refractivity contribution is 7.97. The first kappa shape index (κ1) is 24.6. The topological polar surface area (TPSA) is 55.4 Å². The van der Waals surface area contributed by atoms with Crippen molar-refractivity contribution in [3.05, 3.63) is 58.6 Å². The second-order valence-corrected chi connectivity index (χ2v) is 11.5. The molecule has 2 aromatic rings.